The molecule has 0 unspecified atom stereocenters. The Labute approximate surface area is 464 Å². The summed E-state index contributed by atoms with van der Waals surface area (Å²) in [5.74, 6) is 1.71. The second-order valence-electron chi connectivity index (χ2n) is 25.7. The SMILES string of the molecule is CC(C)(C)c1cc2c([c-]c1-c1ccc(C(C)(C)C)c3c1Cc1ccccc1-3)Cc1cc(-c3ccc(C(C)(C)C)c4c3Cc3ccccc3-4)c(C(C)(C)C)cc1-2.CC(C)C[C](=[Zr+2])CC(C)C.[C-]1=CC=CC1.[Cl-].[Cl-]. The van der Waals surface area contributed by atoms with Gasteiger partial charge in [0, 0.05) is 0 Å². The molecule has 4 aliphatic carbocycles. The predicted octanol–water partition coefficient (Wildman–Crippen LogP) is 12.8. The molecule has 0 saturated heterocycles. The topological polar surface area (TPSA) is 0 Å². The average molecular weight is 1070 g/mol. The van der Waals surface area contributed by atoms with Gasteiger partial charge in [0.2, 0.25) is 0 Å². The van der Waals surface area contributed by atoms with Gasteiger partial charge in [-0.1, -0.05) is 190 Å². The summed E-state index contributed by atoms with van der Waals surface area (Å²) < 4.78 is 1.75. The zero-order valence-electron chi connectivity index (χ0n) is 46.5. The van der Waals surface area contributed by atoms with Crippen molar-refractivity contribution in [3.8, 4) is 55.6 Å². The van der Waals surface area contributed by atoms with E-state index in [0.29, 0.717) is 0 Å². The fraction of sp³-hybridized carbons (Fsp3) is 0.406. The fourth-order valence-corrected chi connectivity index (χ4v) is 13.5. The third-order valence-corrected chi connectivity index (χ3v) is 15.7. The molecule has 0 fully saturated rings. The molecule has 0 spiro atoms. The van der Waals surface area contributed by atoms with Crippen molar-refractivity contribution in [2.24, 2.45) is 11.8 Å². The van der Waals surface area contributed by atoms with E-state index in [0.717, 1.165) is 37.5 Å². The molecule has 0 bridgehead atoms. The van der Waals surface area contributed by atoms with E-state index in [1.165, 1.54) is 124 Å². The van der Waals surface area contributed by atoms with Gasteiger partial charge in [0.05, 0.1) is 0 Å². The molecular formula is C69H80Cl2Zr-2. The molecule has 72 heavy (non-hydrogen) atoms. The quantitative estimate of drug-likeness (QED) is 0.146. The molecule has 0 nitrogen and oxygen atoms in total. The summed E-state index contributed by atoms with van der Waals surface area (Å²) in [6, 6.07) is 39.8. The zero-order chi connectivity index (χ0) is 50.7. The maximum Gasteiger partial charge on any atom is -0.109 e. The van der Waals surface area contributed by atoms with E-state index in [-0.39, 0.29) is 46.5 Å². The second kappa shape index (κ2) is 22.2. The summed E-state index contributed by atoms with van der Waals surface area (Å²) in [6.45, 7) is 37.6. The number of halogens is 2. The molecule has 0 radical (unpaired) electrons. The maximum absolute atomic E-state index is 4.17. The van der Waals surface area contributed by atoms with Crippen LogP contribution in [0.15, 0.2) is 109 Å². The first-order valence-corrected chi connectivity index (χ1v) is 27.6. The van der Waals surface area contributed by atoms with Gasteiger partial charge in [0.1, 0.15) is 0 Å². The number of hydrogen-bond acceptors (Lipinski definition) is 0. The van der Waals surface area contributed by atoms with Gasteiger partial charge < -0.3 is 24.8 Å². The number of benzene rings is 6. The standard InChI is InChI=1S/C55H57.C9H18.C5H5.2ClH.Zr/c1-52(2,3)46-23-21-38(44-26-32-17-13-15-19-36(32)50(44)46)42-28-34-25-35-29-43(49(55(10,11)12)31-41(35)40(34)30-48(42)54(7,8)9)39-22-24-47(53(4,5)6)51-37-20-16-14-18-33(37)27-45(39)51;1-8(2)6-5-7-9(3)4;1-2-4-5-3-1;;;/h13-24,28,30-31H,25-27H2,1-12H3;8-9H,6-7H2,1-4H3;1-3H,4H2;2*1H;/q-1;;-1;;;+2/p-2. The van der Waals surface area contributed by atoms with Gasteiger partial charge in [0.25, 0.3) is 0 Å². The molecule has 4 aliphatic rings. The normalized spacial score (nSPS) is 13.7. The average Bonchev–Trinajstić information content (AvgIpc) is 4.09. The van der Waals surface area contributed by atoms with E-state index >= 15 is 0 Å². The van der Waals surface area contributed by atoms with Crippen molar-refractivity contribution >= 4 is 3.21 Å². The number of allylic oxidation sites excluding steroid dienone is 4. The van der Waals surface area contributed by atoms with Crippen LogP contribution in [0.2, 0.25) is 0 Å². The van der Waals surface area contributed by atoms with Crippen LogP contribution in [0, 0.1) is 24.0 Å². The van der Waals surface area contributed by atoms with Gasteiger partial charge in [-0.05, 0) is 113 Å². The molecule has 10 rings (SSSR count). The van der Waals surface area contributed by atoms with E-state index in [1.54, 1.807) is 27.4 Å². The van der Waals surface area contributed by atoms with Crippen LogP contribution in [0.5, 0.6) is 0 Å². The first kappa shape index (κ1) is 57.4. The number of fused-ring (bicyclic) bond motifs is 9. The molecule has 0 aliphatic heterocycles. The fourth-order valence-electron chi connectivity index (χ4n) is 11.5. The van der Waals surface area contributed by atoms with Gasteiger partial charge in [-0.15, -0.1) is 35.2 Å². The van der Waals surface area contributed by atoms with Gasteiger partial charge in [-0.3, -0.25) is 6.08 Å². The summed E-state index contributed by atoms with van der Waals surface area (Å²) in [5.41, 5.74) is 28.3. The first-order chi connectivity index (χ1) is 32.8. The summed E-state index contributed by atoms with van der Waals surface area (Å²) in [4.78, 5) is 0. The molecule has 0 N–H and O–H groups in total. The van der Waals surface area contributed by atoms with Crippen LogP contribution >= 0.6 is 0 Å². The van der Waals surface area contributed by atoms with Crippen LogP contribution in [0.1, 0.15) is 186 Å². The van der Waals surface area contributed by atoms with Crippen LogP contribution in [-0.4, -0.2) is 3.21 Å². The molecule has 0 heterocycles. The van der Waals surface area contributed by atoms with Gasteiger partial charge >= 0.3 is 79.8 Å². The Bertz CT molecular complexity index is 2830. The number of hydrogen-bond donors (Lipinski definition) is 0. The van der Waals surface area contributed by atoms with Crippen molar-refractivity contribution in [3.63, 3.8) is 0 Å². The Kier molecular flexibility index (Phi) is 17.7. The Hall–Kier alpha value is -3.87. The molecule has 0 aromatic heterocycles. The molecule has 376 valence electrons. The van der Waals surface area contributed by atoms with Crippen molar-refractivity contribution in [2.45, 2.75) is 171 Å². The summed E-state index contributed by atoms with van der Waals surface area (Å²) >= 11 is 1.65. The number of rotatable bonds is 6. The monoisotopic (exact) mass is 1070 g/mol. The molecule has 0 amide bonds. The Morgan fingerprint density at radius 2 is 0.958 bits per heavy atom. The minimum Gasteiger partial charge on any atom is -1.00 e. The smallest absolute Gasteiger partial charge is 0.109 e. The molecular weight excluding hydrogens is 991 g/mol. The van der Waals surface area contributed by atoms with Crippen molar-refractivity contribution in [1.29, 1.82) is 0 Å². The van der Waals surface area contributed by atoms with E-state index in [4.69, 9.17) is 0 Å². The van der Waals surface area contributed by atoms with Crippen molar-refractivity contribution < 1.29 is 49.0 Å². The van der Waals surface area contributed by atoms with E-state index in [2.05, 4.69) is 220 Å². The van der Waals surface area contributed by atoms with Gasteiger partial charge in [-0.2, -0.15) is 6.08 Å². The minimum absolute atomic E-state index is 0. The molecule has 3 heteroatoms. The van der Waals surface area contributed by atoms with Crippen molar-refractivity contribution in [3.05, 3.63) is 177 Å². The Balaban J connectivity index is 0.000000432. The third kappa shape index (κ3) is 12.0. The molecule has 6 aromatic carbocycles. The first-order valence-electron chi connectivity index (χ1n) is 26.4. The van der Waals surface area contributed by atoms with E-state index < -0.39 is 0 Å². The zero-order valence-corrected chi connectivity index (χ0v) is 50.5. The Morgan fingerprint density at radius 1 is 0.486 bits per heavy atom. The molecule has 0 atom stereocenters. The minimum atomic E-state index is -0.0538. The van der Waals surface area contributed by atoms with E-state index in [9.17, 15) is 0 Å². The molecule has 6 aromatic rings. The summed E-state index contributed by atoms with van der Waals surface area (Å²) in [6.07, 6.45) is 15.6. The van der Waals surface area contributed by atoms with E-state index in [1.807, 2.05) is 12.2 Å². The van der Waals surface area contributed by atoms with Crippen LogP contribution in [0.25, 0.3) is 55.6 Å². The summed E-state index contributed by atoms with van der Waals surface area (Å²) in [7, 11) is 0. The van der Waals surface area contributed by atoms with Crippen LogP contribution in [0.4, 0.5) is 0 Å². The van der Waals surface area contributed by atoms with Crippen molar-refractivity contribution in [1.82, 2.24) is 0 Å². The predicted molar refractivity (Wildman–Crippen MR) is 301 cm³/mol. The van der Waals surface area contributed by atoms with Crippen LogP contribution in [-0.2, 0) is 65.2 Å². The van der Waals surface area contributed by atoms with Crippen LogP contribution in [0.3, 0.4) is 0 Å². The molecule has 0 saturated carbocycles. The second-order valence-corrected chi connectivity index (χ2v) is 27.4. The Morgan fingerprint density at radius 3 is 1.40 bits per heavy atom. The maximum atomic E-state index is 4.17. The summed E-state index contributed by atoms with van der Waals surface area (Å²) in [5, 5.41) is 0. The van der Waals surface area contributed by atoms with Gasteiger partial charge in [0.15, 0.2) is 0 Å². The third-order valence-electron chi connectivity index (χ3n) is 14.7. The van der Waals surface area contributed by atoms with Crippen molar-refractivity contribution in [2.75, 3.05) is 0 Å². The largest absolute Gasteiger partial charge is 1.00 e. The van der Waals surface area contributed by atoms with Crippen LogP contribution < -0.4 is 24.8 Å². The van der Waals surface area contributed by atoms with Gasteiger partial charge in [-0.25, -0.2) is 12.2 Å².